The van der Waals surface area contributed by atoms with Crippen molar-refractivity contribution >= 4 is 39.2 Å². The lowest BCUT2D eigenvalue weighted by atomic mass is 10.2. The Balaban J connectivity index is 1.69. The molecule has 1 fully saturated rings. The number of halogens is 1. The van der Waals surface area contributed by atoms with E-state index in [-0.39, 0.29) is 28.6 Å². The van der Waals surface area contributed by atoms with Crippen molar-refractivity contribution in [1.82, 2.24) is 4.90 Å². The number of hydrogen-bond acceptors (Lipinski definition) is 6. The van der Waals surface area contributed by atoms with Gasteiger partial charge in [-0.25, -0.2) is 13.2 Å². The minimum Gasteiger partial charge on any atom is -0.452 e. The van der Waals surface area contributed by atoms with E-state index in [1.165, 1.54) is 37.4 Å². The fourth-order valence-corrected chi connectivity index (χ4v) is 4.85. The van der Waals surface area contributed by atoms with Crippen LogP contribution in [0.2, 0.25) is 5.02 Å². The third kappa shape index (κ3) is 5.59. The van der Waals surface area contributed by atoms with Crippen molar-refractivity contribution in [2.75, 3.05) is 31.0 Å². The van der Waals surface area contributed by atoms with Crippen LogP contribution in [-0.2, 0) is 24.3 Å². The lowest BCUT2D eigenvalue weighted by Crippen LogP contribution is -2.49. The van der Waals surface area contributed by atoms with E-state index in [1.807, 2.05) is 13.8 Å². The number of sulfonamides is 1. The summed E-state index contributed by atoms with van der Waals surface area (Å²) in [4.78, 5) is 26.4. The van der Waals surface area contributed by atoms with Crippen LogP contribution in [0.15, 0.2) is 53.4 Å². The van der Waals surface area contributed by atoms with Crippen molar-refractivity contribution in [1.29, 1.82) is 0 Å². The molecular weight excluding hydrogens is 456 g/mol. The minimum atomic E-state index is -3.95. The van der Waals surface area contributed by atoms with E-state index in [0.29, 0.717) is 23.8 Å². The van der Waals surface area contributed by atoms with Gasteiger partial charge in [0.15, 0.2) is 6.61 Å². The van der Waals surface area contributed by atoms with Gasteiger partial charge in [-0.2, -0.15) is 0 Å². The summed E-state index contributed by atoms with van der Waals surface area (Å²) in [7, 11) is -2.55. The van der Waals surface area contributed by atoms with Gasteiger partial charge in [0.25, 0.3) is 15.9 Å². The number of nitrogens with zero attached hydrogens (tertiary/aromatic N) is 2. The summed E-state index contributed by atoms with van der Waals surface area (Å²) in [5.74, 6) is -1.11. The van der Waals surface area contributed by atoms with Gasteiger partial charge in [-0.05, 0) is 50.2 Å². The van der Waals surface area contributed by atoms with Gasteiger partial charge in [-0.1, -0.05) is 23.7 Å². The zero-order chi connectivity index (χ0) is 23.5. The number of carbonyl (C=O) groups excluding carboxylic acids is 2. The number of morpholine rings is 1. The van der Waals surface area contributed by atoms with Crippen molar-refractivity contribution in [3.05, 3.63) is 59.1 Å². The number of carbonyl (C=O) groups is 2. The van der Waals surface area contributed by atoms with Gasteiger partial charge in [0.05, 0.1) is 28.4 Å². The van der Waals surface area contributed by atoms with Crippen LogP contribution < -0.4 is 4.31 Å². The number of hydrogen-bond donors (Lipinski definition) is 0. The molecule has 2 atom stereocenters. The average molecular weight is 481 g/mol. The molecule has 0 unspecified atom stereocenters. The van der Waals surface area contributed by atoms with Gasteiger partial charge in [0.2, 0.25) is 0 Å². The predicted octanol–water partition coefficient (Wildman–Crippen LogP) is 2.96. The Morgan fingerprint density at radius 1 is 1.12 bits per heavy atom. The molecule has 1 aliphatic rings. The molecule has 2 aromatic rings. The Kier molecular flexibility index (Phi) is 7.43. The topological polar surface area (TPSA) is 93.2 Å². The first-order valence-electron chi connectivity index (χ1n) is 10.0. The summed E-state index contributed by atoms with van der Waals surface area (Å²) in [6.45, 7) is 4.15. The Hall–Kier alpha value is -2.62. The van der Waals surface area contributed by atoms with E-state index in [1.54, 1.807) is 23.1 Å². The number of ether oxygens (including phenoxy) is 2. The zero-order valence-corrected chi connectivity index (χ0v) is 19.6. The Morgan fingerprint density at radius 3 is 2.44 bits per heavy atom. The Bertz CT molecular complexity index is 1100. The standard InChI is InChI=1S/C22H25ClN2O6S/c1-15-12-25(13-16(2)31-15)21(26)14-30-22(27)17-6-4-9-20(10-17)32(28,29)24(3)19-8-5-7-18(23)11-19/h4-11,15-16H,12-14H2,1-3H3/t15-,16-/m1/s1. The molecule has 172 valence electrons. The molecule has 1 aliphatic heterocycles. The minimum absolute atomic E-state index is 0.0297. The second-order valence-corrected chi connectivity index (χ2v) is 10.0. The van der Waals surface area contributed by atoms with Crippen LogP contribution in [0.5, 0.6) is 0 Å². The van der Waals surface area contributed by atoms with E-state index in [0.717, 1.165) is 4.31 Å². The maximum absolute atomic E-state index is 13.0. The molecule has 2 aromatic carbocycles. The highest BCUT2D eigenvalue weighted by molar-refractivity contribution is 7.92. The molecule has 0 bridgehead atoms. The van der Waals surface area contributed by atoms with Crippen molar-refractivity contribution in [2.24, 2.45) is 0 Å². The fraction of sp³-hybridized carbons (Fsp3) is 0.364. The van der Waals surface area contributed by atoms with E-state index in [9.17, 15) is 18.0 Å². The molecule has 32 heavy (non-hydrogen) atoms. The third-order valence-corrected chi connectivity index (χ3v) is 7.02. The quantitative estimate of drug-likeness (QED) is 0.590. The molecular formula is C22H25ClN2O6S. The molecule has 8 nitrogen and oxygen atoms in total. The van der Waals surface area contributed by atoms with Crippen molar-refractivity contribution in [3.63, 3.8) is 0 Å². The van der Waals surface area contributed by atoms with Gasteiger partial charge >= 0.3 is 5.97 Å². The van der Waals surface area contributed by atoms with E-state index < -0.39 is 22.6 Å². The second-order valence-electron chi connectivity index (χ2n) is 7.61. The van der Waals surface area contributed by atoms with Gasteiger partial charge in [-0.15, -0.1) is 0 Å². The number of amides is 1. The van der Waals surface area contributed by atoms with Crippen molar-refractivity contribution in [2.45, 2.75) is 31.0 Å². The largest absolute Gasteiger partial charge is 0.452 e. The SMILES string of the molecule is C[C@@H]1CN(C(=O)COC(=O)c2cccc(S(=O)(=O)N(C)c3cccc(Cl)c3)c2)C[C@@H](C)O1. The highest BCUT2D eigenvalue weighted by Gasteiger charge is 2.27. The molecule has 10 heteroatoms. The number of anilines is 1. The Labute approximate surface area is 192 Å². The molecule has 1 saturated heterocycles. The van der Waals surface area contributed by atoms with Crippen LogP contribution in [0.4, 0.5) is 5.69 Å². The van der Waals surface area contributed by atoms with Crippen LogP contribution in [0.3, 0.4) is 0 Å². The molecule has 0 spiro atoms. The van der Waals surface area contributed by atoms with Gasteiger partial charge < -0.3 is 14.4 Å². The van der Waals surface area contributed by atoms with E-state index >= 15 is 0 Å². The van der Waals surface area contributed by atoms with Crippen LogP contribution in [0, 0.1) is 0 Å². The molecule has 0 N–H and O–H groups in total. The maximum Gasteiger partial charge on any atom is 0.338 e. The van der Waals surface area contributed by atoms with Crippen LogP contribution >= 0.6 is 11.6 Å². The van der Waals surface area contributed by atoms with Crippen molar-refractivity contribution < 1.29 is 27.5 Å². The van der Waals surface area contributed by atoms with Gasteiger partial charge in [0.1, 0.15) is 0 Å². The molecule has 3 rings (SSSR count). The number of rotatable bonds is 6. The molecule has 0 aliphatic carbocycles. The third-order valence-electron chi connectivity index (χ3n) is 5.00. The molecule has 0 aromatic heterocycles. The van der Waals surface area contributed by atoms with Crippen LogP contribution in [-0.4, -0.2) is 64.1 Å². The molecule has 1 amide bonds. The average Bonchev–Trinajstić information content (AvgIpc) is 2.76. The fourth-order valence-electron chi connectivity index (χ4n) is 3.44. The highest BCUT2D eigenvalue weighted by atomic mass is 35.5. The highest BCUT2D eigenvalue weighted by Crippen LogP contribution is 2.25. The maximum atomic E-state index is 13.0. The van der Waals surface area contributed by atoms with Gasteiger partial charge in [0, 0.05) is 25.2 Å². The summed E-state index contributed by atoms with van der Waals surface area (Å²) < 4.78 is 37.8. The zero-order valence-electron chi connectivity index (χ0n) is 18.0. The number of esters is 1. The van der Waals surface area contributed by atoms with Crippen LogP contribution in [0.1, 0.15) is 24.2 Å². The second kappa shape index (κ2) is 9.89. The first-order chi connectivity index (χ1) is 15.1. The molecule has 0 saturated carbocycles. The summed E-state index contributed by atoms with van der Waals surface area (Å²) in [6, 6.07) is 11.9. The summed E-state index contributed by atoms with van der Waals surface area (Å²) in [5.41, 5.74) is 0.409. The molecule has 1 heterocycles. The van der Waals surface area contributed by atoms with Crippen molar-refractivity contribution in [3.8, 4) is 0 Å². The first kappa shape index (κ1) is 24.0. The predicted molar refractivity (Wildman–Crippen MR) is 120 cm³/mol. The first-order valence-corrected chi connectivity index (χ1v) is 11.8. The Morgan fingerprint density at radius 2 is 1.78 bits per heavy atom. The lowest BCUT2D eigenvalue weighted by molar-refractivity contribution is -0.146. The lowest BCUT2D eigenvalue weighted by Gasteiger charge is -2.35. The normalized spacial score (nSPS) is 18.8. The van der Waals surface area contributed by atoms with E-state index in [2.05, 4.69) is 0 Å². The van der Waals surface area contributed by atoms with Crippen LogP contribution in [0.25, 0.3) is 0 Å². The van der Waals surface area contributed by atoms with E-state index in [4.69, 9.17) is 21.1 Å². The molecule has 0 radical (unpaired) electrons. The summed E-state index contributed by atoms with van der Waals surface area (Å²) >= 11 is 5.96. The number of benzene rings is 2. The summed E-state index contributed by atoms with van der Waals surface area (Å²) in [6.07, 6.45) is -0.200. The monoisotopic (exact) mass is 480 g/mol. The smallest absolute Gasteiger partial charge is 0.338 e. The van der Waals surface area contributed by atoms with Gasteiger partial charge in [-0.3, -0.25) is 9.10 Å². The summed E-state index contributed by atoms with van der Waals surface area (Å²) in [5, 5.41) is 0.399.